The number of hydrogen-bond donors (Lipinski definition) is 1. The second-order valence-corrected chi connectivity index (χ2v) is 4.77. The fourth-order valence-corrected chi connectivity index (χ4v) is 2.30. The van der Waals surface area contributed by atoms with Crippen LogP contribution in [0.5, 0.6) is 0 Å². The average Bonchev–Trinajstić information content (AvgIpc) is 2.11. The fourth-order valence-electron chi connectivity index (χ4n) is 2.30. The molecule has 0 radical (unpaired) electrons. The van der Waals surface area contributed by atoms with Gasteiger partial charge in [0.15, 0.2) is 0 Å². The summed E-state index contributed by atoms with van der Waals surface area (Å²) in [5, 5.41) is 0. The third-order valence-corrected chi connectivity index (χ3v) is 3.48. The molecule has 0 bridgehead atoms. The van der Waals surface area contributed by atoms with Crippen molar-refractivity contribution in [3.63, 3.8) is 0 Å². The van der Waals surface area contributed by atoms with Crippen LogP contribution in [0.25, 0.3) is 0 Å². The van der Waals surface area contributed by atoms with Crippen LogP contribution in [0.15, 0.2) is 12.1 Å². The maximum Gasteiger partial charge on any atom is 0.0423 e. The van der Waals surface area contributed by atoms with Gasteiger partial charge in [-0.1, -0.05) is 25.3 Å². The summed E-state index contributed by atoms with van der Waals surface area (Å²) in [6.07, 6.45) is 5.26. The predicted octanol–water partition coefficient (Wildman–Crippen LogP) is 2.89. The van der Waals surface area contributed by atoms with Crippen molar-refractivity contribution in [2.45, 2.75) is 45.6 Å². The number of nitrogens with two attached hydrogens (primary N) is 1. The van der Waals surface area contributed by atoms with Crippen LogP contribution in [-0.4, -0.2) is 4.98 Å². The molecule has 2 heteroatoms. The summed E-state index contributed by atoms with van der Waals surface area (Å²) in [5.74, 6) is 0.862. The van der Waals surface area contributed by atoms with Crippen molar-refractivity contribution < 1.29 is 0 Å². The summed E-state index contributed by atoms with van der Waals surface area (Å²) in [6, 6.07) is 4.38. The van der Waals surface area contributed by atoms with Crippen LogP contribution in [0.1, 0.15) is 48.7 Å². The molecule has 0 saturated heterocycles. The Morgan fingerprint density at radius 1 is 1.40 bits per heavy atom. The first-order chi connectivity index (χ1) is 7.16. The molecule has 1 aliphatic rings. The van der Waals surface area contributed by atoms with E-state index in [0.717, 1.165) is 23.7 Å². The fraction of sp³-hybridized carbons (Fsp3) is 0.615. The van der Waals surface area contributed by atoms with E-state index < -0.39 is 0 Å². The highest BCUT2D eigenvalue weighted by Gasteiger charge is 2.21. The molecule has 1 fully saturated rings. The minimum absolute atomic E-state index is 0.184. The van der Waals surface area contributed by atoms with Gasteiger partial charge in [-0.25, -0.2) is 0 Å². The molecule has 0 amide bonds. The van der Waals surface area contributed by atoms with Crippen LogP contribution in [0.3, 0.4) is 0 Å². The number of rotatable bonds is 3. The lowest BCUT2D eigenvalue weighted by Crippen LogP contribution is -2.21. The summed E-state index contributed by atoms with van der Waals surface area (Å²) in [6.45, 7) is 4.08. The molecule has 1 unspecified atom stereocenters. The van der Waals surface area contributed by atoms with E-state index in [1.54, 1.807) is 0 Å². The van der Waals surface area contributed by atoms with Crippen LogP contribution >= 0.6 is 0 Å². The molecule has 1 aromatic rings. The van der Waals surface area contributed by atoms with E-state index in [0.29, 0.717) is 0 Å². The molecular formula is C13H20N2. The van der Waals surface area contributed by atoms with E-state index in [2.05, 4.69) is 24.0 Å². The molecular weight excluding hydrogens is 184 g/mol. The van der Waals surface area contributed by atoms with E-state index in [4.69, 9.17) is 5.73 Å². The Morgan fingerprint density at radius 3 is 2.67 bits per heavy atom. The SMILES string of the molecule is Cc1ccc(C(N)CC2CCC2)c(C)n1. The normalized spacial score (nSPS) is 18.6. The number of aryl methyl sites for hydroxylation is 2. The predicted molar refractivity (Wildman–Crippen MR) is 62.6 cm³/mol. The van der Waals surface area contributed by atoms with E-state index in [9.17, 15) is 0 Å². The van der Waals surface area contributed by atoms with Gasteiger partial charge in [0.2, 0.25) is 0 Å². The number of aromatic nitrogens is 1. The quantitative estimate of drug-likeness (QED) is 0.822. The molecule has 2 N–H and O–H groups in total. The van der Waals surface area contributed by atoms with E-state index in [1.165, 1.54) is 24.8 Å². The molecule has 15 heavy (non-hydrogen) atoms. The Morgan fingerprint density at radius 2 is 2.13 bits per heavy atom. The third-order valence-electron chi connectivity index (χ3n) is 3.48. The maximum absolute atomic E-state index is 6.22. The molecule has 1 aliphatic carbocycles. The summed E-state index contributed by atoms with van der Waals surface area (Å²) in [4.78, 5) is 4.47. The largest absolute Gasteiger partial charge is 0.324 e. The Hall–Kier alpha value is -0.890. The molecule has 2 rings (SSSR count). The van der Waals surface area contributed by atoms with Gasteiger partial charge in [-0.05, 0) is 37.8 Å². The van der Waals surface area contributed by atoms with Gasteiger partial charge >= 0.3 is 0 Å². The molecule has 0 aromatic carbocycles. The first-order valence-corrected chi connectivity index (χ1v) is 5.86. The van der Waals surface area contributed by atoms with Crippen molar-refractivity contribution in [2.24, 2.45) is 11.7 Å². The first-order valence-electron chi connectivity index (χ1n) is 5.86. The Labute approximate surface area is 91.9 Å². The lowest BCUT2D eigenvalue weighted by molar-refractivity contribution is 0.277. The topological polar surface area (TPSA) is 38.9 Å². The Kier molecular flexibility index (Phi) is 3.06. The van der Waals surface area contributed by atoms with E-state index in [-0.39, 0.29) is 6.04 Å². The van der Waals surface area contributed by atoms with Crippen molar-refractivity contribution in [3.05, 3.63) is 29.1 Å². The molecule has 1 heterocycles. The van der Waals surface area contributed by atoms with Crippen LogP contribution in [0.4, 0.5) is 0 Å². The van der Waals surface area contributed by atoms with Gasteiger partial charge in [-0.15, -0.1) is 0 Å². The second kappa shape index (κ2) is 4.31. The van der Waals surface area contributed by atoms with E-state index >= 15 is 0 Å². The van der Waals surface area contributed by atoms with E-state index in [1.807, 2.05) is 6.92 Å². The van der Waals surface area contributed by atoms with Gasteiger partial charge in [0, 0.05) is 17.4 Å². The van der Waals surface area contributed by atoms with Crippen LogP contribution in [0, 0.1) is 19.8 Å². The number of hydrogen-bond acceptors (Lipinski definition) is 2. The molecule has 0 spiro atoms. The zero-order valence-corrected chi connectivity index (χ0v) is 9.66. The average molecular weight is 204 g/mol. The van der Waals surface area contributed by atoms with Gasteiger partial charge in [-0.2, -0.15) is 0 Å². The number of pyridine rings is 1. The monoisotopic (exact) mass is 204 g/mol. The highest BCUT2D eigenvalue weighted by atomic mass is 14.7. The zero-order valence-electron chi connectivity index (χ0n) is 9.66. The molecule has 1 aromatic heterocycles. The van der Waals surface area contributed by atoms with Gasteiger partial charge in [0.05, 0.1) is 0 Å². The Bertz CT molecular complexity index is 342. The lowest BCUT2D eigenvalue weighted by atomic mass is 9.79. The zero-order chi connectivity index (χ0) is 10.8. The van der Waals surface area contributed by atoms with Crippen molar-refractivity contribution in [2.75, 3.05) is 0 Å². The molecule has 1 saturated carbocycles. The van der Waals surface area contributed by atoms with Crippen LogP contribution < -0.4 is 5.73 Å². The third kappa shape index (κ3) is 2.37. The smallest absolute Gasteiger partial charge is 0.0423 e. The molecule has 2 nitrogen and oxygen atoms in total. The van der Waals surface area contributed by atoms with Gasteiger partial charge in [0.1, 0.15) is 0 Å². The maximum atomic E-state index is 6.22. The highest BCUT2D eigenvalue weighted by molar-refractivity contribution is 5.24. The van der Waals surface area contributed by atoms with Crippen molar-refractivity contribution in [1.29, 1.82) is 0 Å². The number of nitrogens with zero attached hydrogens (tertiary/aromatic N) is 1. The van der Waals surface area contributed by atoms with Crippen LogP contribution in [-0.2, 0) is 0 Å². The minimum atomic E-state index is 0.184. The van der Waals surface area contributed by atoms with Crippen molar-refractivity contribution in [1.82, 2.24) is 4.98 Å². The molecule has 0 aliphatic heterocycles. The van der Waals surface area contributed by atoms with Crippen molar-refractivity contribution in [3.8, 4) is 0 Å². The second-order valence-electron chi connectivity index (χ2n) is 4.77. The molecule has 1 atom stereocenters. The van der Waals surface area contributed by atoms with Crippen molar-refractivity contribution >= 4 is 0 Å². The van der Waals surface area contributed by atoms with Crippen LogP contribution in [0.2, 0.25) is 0 Å². The minimum Gasteiger partial charge on any atom is -0.324 e. The summed E-state index contributed by atoms with van der Waals surface area (Å²) >= 11 is 0. The van der Waals surface area contributed by atoms with Gasteiger partial charge < -0.3 is 5.73 Å². The lowest BCUT2D eigenvalue weighted by Gasteiger charge is -2.28. The summed E-state index contributed by atoms with van der Waals surface area (Å²) in [5.41, 5.74) is 9.62. The first kappa shape index (κ1) is 10.6. The standard InChI is InChI=1S/C13H20N2/c1-9-6-7-12(10(2)15-9)13(14)8-11-4-3-5-11/h6-7,11,13H,3-5,8,14H2,1-2H3. The summed E-state index contributed by atoms with van der Waals surface area (Å²) in [7, 11) is 0. The highest BCUT2D eigenvalue weighted by Crippen LogP contribution is 2.34. The Balaban J connectivity index is 2.06. The summed E-state index contributed by atoms with van der Waals surface area (Å²) < 4.78 is 0. The molecule has 82 valence electrons. The van der Waals surface area contributed by atoms with Gasteiger partial charge in [0.25, 0.3) is 0 Å². The van der Waals surface area contributed by atoms with Gasteiger partial charge in [-0.3, -0.25) is 4.98 Å².